The van der Waals surface area contributed by atoms with E-state index < -0.39 is 28.8 Å². The molecule has 1 aromatic carbocycles. The van der Waals surface area contributed by atoms with Crippen molar-refractivity contribution in [3.8, 4) is 5.88 Å². The Morgan fingerprint density at radius 2 is 1.97 bits per heavy atom. The molecule has 1 aliphatic rings. The molecule has 9 nitrogen and oxygen atoms in total. The molecule has 34 heavy (non-hydrogen) atoms. The molecule has 0 spiro atoms. The summed E-state index contributed by atoms with van der Waals surface area (Å²) in [6.45, 7) is 1.60. The highest BCUT2D eigenvalue weighted by Gasteiger charge is 2.22. The van der Waals surface area contributed by atoms with E-state index >= 15 is 0 Å². The van der Waals surface area contributed by atoms with E-state index in [4.69, 9.17) is 4.74 Å². The first-order chi connectivity index (χ1) is 16.3. The molecular formula is C23H21F2N5O4. The Morgan fingerprint density at radius 1 is 1.18 bits per heavy atom. The van der Waals surface area contributed by atoms with Gasteiger partial charge in [-0.3, -0.25) is 18.7 Å². The standard InChI is InChI=1S/C23H21F2N5O4/c1-13-19-10-27-18(21(31)28-9-14-5-6-26-20(8-14)34-2)12-29(19)23(33)30(22(13)32)11-15-3-4-16(24)17(25)7-15/h3-8,12,27H,9-11H2,1-2H3,(H,28,31). The molecule has 1 amide bonds. The lowest BCUT2D eigenvalue weighted by Crippen LogP contribution is -2.45. The lowest BCUT2D eigenvalue weighted by Gasteiger charge is -2.22. The number of methoxy groups -OCH3 is 1. The van der Waals surface area contributed by atoms with Crippen LogP contribution in [0.5, 0.6) is 5.88 Å². The SMILES string of the molecule is COc1cc(CNC(=O)C2=Cn3c(c(C)c(=O)n(Cc4ccc(F)c(F)c4)c3=O)CN2)ccn1. The zero-order valence-corrected chi connectivity index (χ0v) is 18.4. The van der Waals surface area contributed by atoms with Gasteiger partial charge in [0.1, 0.15) is 5.70 Å². The number of hydrogen-bond donors (Lipinski definition) is 2. The van der Waals surface area contributed by atoms with E-state index in [0.717, 1.165) is 22.3 Å². The predicted octanol–water partition coefficient (Wildman–Crippen LogP) is 1.27. The molecule has 3 aromatic rings. The predicted molar refractivity (Wildman–Crippen MR) is 119 cm³/mol. The Morgan fingerprint density at radius 3 is 2.71 bits per heavy atom. The van der Waals surface area contributed by atoms with Crippen LogP contribution in [0.4, 0.5) is 8.78 Å². The summed E-state index contributed by atoms with van der Waals surface area (Å²) in [5, 5.41) is 5.67. The fourth-order valence-corrected chi connectivity index (χ4v) is 3.59. The molecule has 0 fully saturated rings. The smallest absolute Gasteiger partial charge is 0.335 e. The van der Waals surface area contributed by atoms with Crippen LogP contribution in [0.25, 0.3) is 6.20 Å². The van der Waals surface area contributed by atoms with Crippen molar-refractivity contribution in [1.29, 1.82) is 0 Å². The van der Waals surface area contributed by atoms with Gasteiger partial charge in [0.25, 0.3) is 11.5 Å². The lowest BCUT2D eigenvalue weighted by atomic mass is 10.1. The zero-order chi connectivity index (χ0) is 24.4. The van der Waals surface area contributed by atoms with Crippen LogP contribution in [-0.4, -0.2) is 27.1 Å². The summed E-state index contributed by atoms with van der Waals surface area (Å²) < 4.78 is 34.0. The zero-order valence-electron chi connectivity index (χ0n) is 18.4. The van der Waals surface area contributed by atoms with Crippen molar-refractivity contribution >= 4 is 12.1 Å². The Hall–Kier alpha value is -4.28. The molecule has 0 saturated carbocycles. The number of pyridine rings is 1. The fraction of sp³-hybridized carbons (Fsp3) is 0.217. The number of aromatic nitrogens is 3. The first-order valence-corrected chi connectivity index (χ1v) is 10.3. The van der Waals surface area contributed by atoms with E-state index in [1.165, 1.54) is 23.9 Å². The van der Waals surface area contributed by atoms with Crippen molar-refractivity contribution in [2.24, 2.45) is 0 Å². The highest BCUT2D eigenvalue weighted by atomic mass is 19.2. The average molecular weight is 469 g/mol. The lowest BCUT2D eigenvalue weighted by molar-refractivity contribution is -0.118. The van der Waals surface area contributed by atoms with Crippen molar-refractivity contribution < 1.29 is 18.3 Å². The van der Waals surface area contributed by atoms with Crippen LogP contribution in [-0.2, 0) is 24.4 Å². The van der Waals surface area contributed by atoms with E-state index in [9.17, 15) is 23.2 Å². The molecule has 0 atom stereocenters. The molecule has 1 aliphatic heterocycles. The number of fused-ring (bicyclic) bond motifs is 1. The quantitative estimate of drug-likeness (QED) is 0.563. The van der Waals surface area contributed by atoms with Crippen LogP contribution < -0.4 is 26.6 Å². The highest BCUT2D eigenvalue weighted by Crippen LogP contribution is 2.13. The number of ether oxygens (including phenoxy) is 1. The number of benzene rings is 1. The van der Waals surface area contributed by atoms with Gasteiger partial charge in [0.15, 0.2) is 11.6 Å². The number of carbonyl (C=O) groups excluding carboxylic acids is 1. The molecule has 0 bridgehead atoms. The Labute approximate surface area is 192 Å². The van der Waals surface area contributed by atoms with E-state index in [-0.39, 0.29) is 30.9 Å². The summed E-state index contributed by atoms with van der Waals surface area (Å²) in [5.74, 6) is -2.14. The van der Waals surface area contributed by atoms with Gasteiger partial charge >= 0.3 is 5.69 Å². The first kappa shape index (κ1) is 22.9. The van der Waals surface area contributed by atoms with Crippen LogP contribution in [0.1, 0.15) is 22.4 Å². The minimum atomic E-state index is -1.07. The number of nitrogens with zero attached hydrogens (tertiary/aromatic N) is 3. The molecule has 0 radical (unpaired) electrons. The van der Waals surface area contributed by atoms with Gasteiger partial charge in [-0.1, -0.05) is 6.07 Å². The normalized spacial score (nSPS) is 12.4. The van der Waals surface area contributed by atoms with E-state index in [1.54, 1.807) is 25.3 Å². The van der Waals surface area contributed by atoms with Crippen molar-refractivity contribution in [2.75, 3.05) is 7.11 Å². The third-order valence-corrected chi connectivity index (χ3v) is 5.46. The average Bonchev–Trinajstić information content (AvgIpc) is 2.85. The van der Waals surface area contributed by atoms with Crippen LogP contribution in [0, 0.1) is 18.6 Å². The number of rotatable bonds is 6. The number of hydrogen-bond acceptors (Lipinski definition) is 6. The minimum Gasteiger partial charge on any atom is -0.481 e. The number of halogens is 2. The van der Waals surface area contributed by atoms with Gasteiger partial charge in [0.05, 0.1) is 25.9 Å². The molecule has 0 aliphatic carbocycles. The van der Waals surface area contributed by atoms with Gasteiger partial charge in [-0.2, -0.15) is 0 Å². The molecule has 0 saturated heterocycles. The topological polar surface area (TPSA) is 107 Å². The summed E-state index contributed by atoms with van der Waals surface area (Å²) in [7, 11) is 1.49. The van der Waals surface area contributed by atoms with Crippen molar-refractivity contribution in [3.05, 3.63) is 97.1 Å². The summed E-state index contributed by atoms with van der Waals surface area (Å²) in [4.78, 5) is 42.6. The Balaban J connectivity index is 1.62. The molecule has 4 rings (SSSR count). The fourth-order valence-electron chi connectivity index (χ4n) is 3.59. The van der Waals surface area contributed by atoms with E-state index in [2.05, 4.69) is 15.6 Å². The van der Waals surface area contributed by atoms with Gasteiger partial charge in [-0.05, 0) is 36.2 Å². The minimum absolute atomic E-state index is 0.0880. The van der Waals surface area contributed by atoms with Gasteiger partial charge in [0, 0.05) is 30.6 Å². The second-order valence-corrected chi connectivity index (χ2v) is 7.65. The van der Waals surface area contributed by atoms with Crippen LogP contribution >= 0.6 is 0 Å². The number of amides is 1. The number of carbonyl (C=O) groups is 1. The molecule has 3 heterocycles. The van der Waals surface area contributed by atoms with Gasteiger partial charge in [0.2, 0.25) is 5.88 Å². The van der Waals surface area contributed by atoms with Crippen LogP contribution in [0.3, 0.4) is 0 Å². The summed E-state index contributed by atoms with van der Waals surface area (Å²) in [5.41, 5.74) is 0.623. The summed E-state index contributed by atoms with van der Waals surface area (Å²) in [6, 6.07) is 6.58. The molecule has 0 unspecified atom stereocenters. The summed E-state index contributed by atoms with van der Waals surface area (Å²) >= 11 is 0. The molecule has 11 heteroatoms. The Bertz CT molecular complexity index is 1430. The van der Waals surface area contributed by atoms with Crippen molar-refractivity contribution in [3.63, 3.8) is 0 Å². The second-order valence-electron chi connectivity index (χ2n) is 7.65. The molecule has 176 valence electrons. The Kier molecular flexibility index (Phi) is 6.26. The molecule has 2 aromatic heterocycles. The van der Waals surface area contributed by atoms with E-state index in [0.29, 0.717) is 17.1 Å². The maximum absolute atomic E-state index is 13.6. The monoisotopic (exact) mass is 469 g/mol. The third kappa shape index (κ3) is 4.45. The molecule has 2 N–H and O–H groups in total. The first-order valence-electron chi connectivity index (χ1n) is 10.3. The van der Waals surface area contributed by atoms with E-state index in [1.807, 2.05) is 0 Å². The maximum atomic E-state index is 13.6. The van der Waals surface area contributed by atoms with Crippen LogP contribution in [0.2, 0.25) is 0 Å². The molecular weight excluding hydrogens is 448 g/mol. The third-order valence-electron chi connectivity index (χ3n) is 5.46. The van der Waals surface area contributed by atoms with Crippen molar-refractivity contribution in [2.45, 2.75) is 26.6 Å². The summed E-state index contributed by atoms with van der Waals surface area (Å²) in [6.07, 6.45) is 2.88. The largest absolute Gasteiger partial charge is 0.481 e. The number of nitrogens with one attached hydrogen (secondary N) is 2. The van der Waals surface area contributed by atoms with Crippen molar-refractivity contribution in [1.82, 2.24) is 24.8 Å². The van der Waals surface area contributed by atoms with Gasteiger partial charge in [-0.25, -0.2) is 18.6 Å². The second kappa shape index (κ2) is 9.30. The maximum Gasteiger partial charge on any atom is 0.335 e. The van der Waals surface area contributed by atoms with Gasteiger partial charge < -0.3 is 15.4 Å². The van der Waals surface area contributed by atoms with Gasteiger partial charge in [-0.15, -0.1) is 0 Å². The highest BCUT2D eigenvalue weighted by molar-refractivity contribution is 5.95. The van der Waals surface area contributed by atoms with Crippen LogP contribution in [0.15, 0.2) is 51.8 Å².